The smallest absolute Gasteiger partial charge is 0.333 e. The molecule has 0 aliphatic carbocycles. The van der Waals surface area contributed by atoms with Gasteiger partial charge in [0.15, 0.2) is 0 Å². The van der Waals surface area contributed by atoms with Crippen molar-refractivity contribution >= 4 is 7.60 Å². The average molecular weight is 242 g/mol. The molecule has 0 fully saturated rings. The minimum atomic E-state index is -3.23. The summed E-state index contributed by atoms with van der Waals surface area (Å²) < 4.78 is 26.7. The highest BCUT2D eigenvalue weighted by atomic mass is 31.2. The summed E-state index contributed by atoms with van der Waals surface area (Å²) in [5, 5.41) is 17.1. The summed E-state index contributed by atoms with van der Waals surface area (Å²) in [6, 6.07) is 0. The molecule has 0 spiro atoms. The molecule has 0 aliphatic rings. The number of aliphatic hydroxyl groups is 2. The van der Waals surface area contributed by atoms with Gasteiger partial charge >= 0.3 is 7.60 Å². The average Bonchev–Trinajstić information content (AvgIpc) is 2.24. The molecule has 0 aromatic carbocycles. The fourth-order valence-corrected chi connectivity index (χ4v) is 2.25. The van der Waals surface area contributed by atoms with E-state index in [1.165, 1.54) is 0 Å². The summed E-state index contributed by atoms with van der Waals surface area (Å²) in [7, 11) is -3.23. The van der Waals surface area contributed by atoms with Crippen LogP contribution in [-0.4, -0.2) is 56.0 Å². The lowest BCUT2D eigenvalue weighted by atomic mass is 10.8. The normalized spacial score (nSPS) is 11.9. The van der Waals surface area contributed by atoms with Gasteiger partial charge in [0.1, 0.15) is 0 Å². The molecule has 0 amide bonds. The van der Waals surface area contributed by atoms with E-state index in [0.29, 0.717) is 6.61 Å². The maximum atomic E-state index is 11.9. The highest BCUT2D eigenvalue weighted by Gasteiger charge is 2.23. The summed E-state index contributed by atoms with van der Waals surface area (Å²) in [6.07, 6.45) is 0.126. The van der Waals surface area contributed by atoms with Gasteiger partial charge in [-0.2, -0.15) is 0 Å². The second-order valence-electron chi connectivity index (χ2n) is 2.65. The fraction of sp³-hybridized carbons (Fsp3) is 1.00. The third kappa shape index (κ3) is 7.90. The Morgan fingerprint density at radius 2 is 1.60 bits per heavy atom. The molecule has 0 rings (SSSR count). The van der Waals surface area contributed by atoms with E-state index in [0.717, 1.165) is 0 Å². The first-order valence-electron chi connectivity index (χ1n) is 4.86. The molecular formula is C8H19O6P. The van der Waals surface area contributed by atoms with E-state index in [-0.39, 0.29) is 39.2 Å². The SMILES string of the molecule is CCOCCP(=O)(OCCO)OCCO. The maximum absolute atomic E-state index is 11.9. The molecule has 0 heterocycles. The summed E-state index contributed by atoms with van der Waals surface area (Å²) in [6.45, 7) is 2.09. The Bertz CT molecular complexity index is 174. The molecule has 7 heteroatoms. The van der Waals surface area contributed by atoms with Crippen LogP contribution in [0.5, 0.6) is 0 Å². The molecular weight excluding hydrogens is 223 g/mol. The van der Waals surface area contributed by atoms with E-state index in [4.69, 9.17) is 24.0 Å². The molecule has 0 saturated carbocycles. The fourth-order valence-electron chi connectivity index (χ4n) is 0.847. The van der Waals surface area contributed by atoms with Crippen LogP contribution >= 0.6 is 7.60 Å². The van der Waals surface area contributed by atoms with Crippen LogP contribution in [0.15, 0.2) is 0 Å². The van der Waals surface area contributed by atoms with Gasteiger partial charge in [0.25, 0.3) is 0 Å². The molecule has 0 unspecified atom stereocenters. The van der Waals surface area contributed by atoms with E-state index in [1.54, 1.807) is 0 Å². The van der Waals surface area contributed by atoms with E-state index in [2.05, 4.69) is 0 Å². The molecule has 6 nitrogen and oxygen atoms in total. The van der Waals surface area contributed by atoms with Crippen LogP contribution < -0.4 is 0 Å². The Hall–Kier alpha value is 0.0300. The Morgan fingerprint density at radius 3 is 2.00 bits per heavy atom. The summed E-state index contributed by atoms with van der Waals surface area (Å²) >= 11 is 0. The number of ether oxygens (including phenoxy) is 1. The van der Waals surface area contributed by atoms with E-state index >= 15 is 0 Å². The lowest BCUT2D eigenvalue weighted by Gasteiger charge is -2.17. The molecule has 0 aromatic heterocycles. The van der Waals surface area contributed by atoms with Gasteiger partial charge in [-0.25, -0.2) is 0 Å². The largest absolute Gasteiger partial charge is 0.394 e. The molecule has 0 bridgehead atoms. The van der Waals surface area contributed by atoms with Crippen LogP contribution in [0.1, 0.15) is 6.92 Å². The second kappa shape index (κ2) is 9.27. The van der Waals surface area contributed by atoms with Crippen molar-refractivity contribution in [1.29, 1.82) is 0 Å². The number of aliphatic hydroxyl groups excluding tert-OH is 2. The lowest BCUT2D eigenvalue weighted by molar-refractivity contribution is 0.126. The van der Waals surface area contributed by atoms with Crippen molar-refractivity contribution in [3.05, 3.63) is 0 Å². The standard InChI is InChI=1S/C8H19O6P/c1-2-12-7-8-15(11,13-5-3-9)14-6-4-10/h9-10H,2-8H2,1H3. The van der Waals surface area contributed by atoms with Gasteiger partial charge in [-0.3, -0.25) is 4.57 Å². The predicted octanol–water partition coefficient (Wildman–Crippen LogP) is 0.234. The van der Waals surface area contributed by atoms with Gasteiger partial charge in [0.05, 0.1) is 39.2 Å². The summed E-state index contributed by atoms with van der Waals surface area (Å²) in [4.78, 5) is 0. The second-order valence-corrected chi connectivity index (χ2v) is 4.83. The van der Waals surface area contributed by atoms with E-state index < -0.39 is 7.60 Å². The Balaban J connectivity index is 3.96. The zero-order valence-corrected chi connectivity index (χ0v) is 9.82. The summed E-state index contributed by atoms with van der Waals surface area (Å²) in [5.74, 6) is 0. The Labute approximate surface area is 89.7 Å². The van der Waals surface area contributed by atoms with Crippen molar-refractivity contribution in [2.45, 2.75) is 6.92 Å². The first-order valence-corrected chi connectivity index (χ1v) is 6.59. The van der Waals surface area contributed by atoms with Crippen molar-refractivity contribution in [3.63, 3.8) is 0 Å². The van der Waals surface area contributed by atoms with Crippen molar-refractivity contribution in [1.82, 2.24) is 0 Å². The van der Waals surface area contributed by atoms with Crippen LogP contribution in [-0.2, 0) is 18.3 Å². The minimum Gasteiger partial charge on any atom is -0.394 e. The molecule has 2 N–H and O–H groups in total. The third-order valence-electron chi connectivity index (χ3n) is 1.47. The topological polar surface area (TPSA) is 85.2 Å². The number of hydrogen-bond acceptors (Lipinski definition) is 6. The van der Waals surface area contributed by atoms with Gasteiger partial charge in [-0.05, 0) is 6.92 Å². The third-order valence-corrected chi connectivity index (χ3v) is 3.35. The summed E-state index contributed by atoms with van der Waals surface area (Å²) in [5.41, 5.74) is 0. The highest BCUT2D eigenvalue weighted by Crippen LogP contribution is 2.47. The van der Waals surface area contributed by atoms with Gasteiger partial charge in [0, 0.05) is 6.61 Å². The van der Waals surface area contributed by atoms with Crippen molar-refractivity contribution in [2.75, 3.05) is 45.8 Å². The van der Waals surface area contributed by atoms with E-state index in [9.17, 15) is 4.57 Å². The monoisotopic (exact) mass is 242 g/mol. The van der Waals surface area contributed by atoms with Crippen LogP contribution in [0.2, 0.25) is 0 Å². The minimum absolute atomic E-state index is 0.0468. The Kier molecular flexibility index (Phi) is 9.29. The van der Waals surface area contributed by atoms with Crippen LogP contribution in [0, 0.1) is 0 Å². The number of hydrogen-bond donors (Lipinski definition) is 2. The molecule has 15 heavy (non-hydrogen) atoms. The van der Waals surface area contributed by atoms with Gasteiger partial charge in [-0.1, -0.05) is 0 Å². The van der Waals surface area contributed by atoms with Crippen molar-refractivity contribution < 1.29 is 28.6 Å². The highest BCUT2D eigenvalue weighted by molar-refractivity contribution is 7.53. The molecule has 0 aliphatic heterocycles. The van der Waals surface area contributed by atoms with Gasteiger partial charge in [-0.15, -0.1) is 0 Å². The zero-order chi connectivity index (χ0) is 11.6. The molecule has 0 radical (unpaired) electrons. The van der Waals surface area contributed by atoms with Gasteiger partial charge in [0.2, 0.25) is 0 Å². The molecule has 92 valence electrons. The quantitative estimate of drug-likeness (QED) is 0.421. The molecule has 0 aromatic rings. The van der Waals surface area contributed by atoms with Crippen molar-refractivity contribution in [2.24, 2.45) is 0 Å². The first kappa shape index (κ1) is 15.0. The van der Waals surface area contributed by atoms with Crippen LogP contribution in [0.25, 0.3) is 0 Å². The van der Waals surface area contributed by atoms with Crippen LogP contribution in [0.4, 0.5) is 0 Å². The predicted molar refractivity (Wildman–Crippen MR) is 55.0 cm³/mol. The lowest BCUT2D eigenvalue weighted by Crippen LogP contribution is -2.10. The molecule has 0 atom stereocenters. The number of rotatable bonds is 10. The maximum Gasteiger partial charge on any atom is 0.333 e. The van der Waals surface area contributed by atoms with Crippen LogP contribution in [0.3, 0.4) is 0 Å². The van der Waals surface area contributed by atoms with Crippen molar-refractivity contribution in [3.8, 4) is 0 Å². The zero-order valence-electron chi connectivity index (χ0n) is 8.92. The van der Waals surface area contributed by atoms with Gasteiger partial charge < -0.3 is 24.0 Å². The first-order chi connectivity index (χ1) is 7.18. The Morgan fingerprint density at radius 1 is 1.07 bits per heavy atom. The van der Waals surface area contributed by atoms with E-state index in [1.807, 2.05) is 6.92 Å². The molecule has 0 saturated heterocycles.